The van der Waals surface area contributed by atoms with Gasteiger partial charge in [-0.3, -0.25) is 13.9 Å². The van der Waals surface area contributed by atoms with Crippen molar-refractivity contribution in [2.24, 2.45) is 0 Å². The molecule has 2 amide bonds. The Labute approximate surface area is 230 Å². The van der Waals surface area contributed by atoms with Crippen LogP contribution < -0.4 is 9.62 Å². The van der Waals surface area contributed by atoms with Gasteiger partial charge in [0.15, 0.2) is 0 Å². The molecule has 0 fully saturated rings. The van der Waals surface area contributed by atoms with Crippen LogP contribution in [-0.2, 0) is 38.0 Å². The molecule has 39 heavy (non-hydrogen) atoms. The number of amides is 2. The van der Waals surface area contributed by atoms with Crippen LogP contribution in [0.1, 0.15) is 37.5 Å². The summed E-state index contributed by atoms with van der Waals surface area (Å²) < 4.78 is 41.4. The Morgan fingerprint density at radius 2 is 1.51 bits per heavy atom. The van der Waals surface area contributed by atoms with Gasteiger partial charge in [0.2, 0.25) is 21.8 Å². The second kappa shape index (κ2) is 12.4. The van der Waals surface area contributed by atoms with Crippen LogP contribution in [0.5, 0.6) is 0 Å². The van der Waals surface area contributed by atoms with E-state index in [1.165, 1.54) is 24.1 Å². The van der Waals surface area contributed by atoms with Gasteiger partial charge < -0.3 is 10.2 Å². The van der Waals surface area contributed by atoms with Crippen LogP contribution in [0, 0.1) is 5.82 Å². The van der Waals surface area contributed by atoms with Gasteiger partial charge in [0.25, 0.3) is 0 Å². The van der Waals surface area contributed by atoms with Gasteiger partial charge >= 0.3 is 0 Å². The molecule has 3 aromatic rings. The van der Waals surface area contributed by atoms with Crippen molar-refractivity contribution in [3.63, 3.8) is 0 Å². The fourth-order valence-corrected chi connectivity index (χ4v) is 5.12. The lowest BCUT2D eigenvalue weighted by Crippen LogP contribution is -2.53. The molecule has 0 aliphatic carbocycles. The maximum absolute atomic E-state index is 14.7. The first-order valence-electron chi connectivity index (χ1n) is 12.7. The fraction of sp³-hybridized carbons (Fsp3) is 0.333. The Hall–Kier alpha value is -3.72. The van der Waals surface area contributed by atoms with E-state index in [4.69, 9.17) is 0 Å². The second-order valence-electron chi connectivity index (χ2n) is 10.5. The first-order valence-corrected chi connectivity index (χ1v) is 14.5. The predicted molar refractivity (Wildman–Crippen MR) is 152 cm³/mol. The molecule has 1 atom stereocenters. The van der Waals surface area contributed by atoms with E-state index in [2.05, 4.69) is 5.32 Å². The Morgan fingerprint density at radius 1 is 0.923 bits per heavy atom. The highest BCUT2D eigenvalue weighted by Crippen LogP contribution is 2.26. The van der Waals surface area contributed by atoms with Crippen LogP contribution in [0.3, 0.4) is 0 Å². The monoisotopic (exact) mass is 553 g/mol. The molecule has 9 heteroatoms. The summed E-state index contributed by atoms with van der Waals surface area (Å²) in [4.78, 5) is 28.2. The van der Waals surface area contributed by atoms with Crippen molar-refractivity contribution in [3.05, 3.63) is 101 Å². The molecule has 0 spiro atoms. The zero-order chi connectivity index (χ0) is 28.8. The van der Waals surface area contributed by atoms with Gasteiger partial charge in [-0.05, 0) is 34.7 Å². The third-order valence-electron chi connectivity index (χ3n) is 6.52. The molecule has 3 aromatic carbocycles. The van der Waals surface area contributed by atoms with E-state index < -0.39 is 40.2 Å². The van der Waals surface area contributed by atoms with E-state index in [0.29, 0.717) is 5.69 Å². The number of hydrogen-bond acceptors (Lipinski definition) is 4. The number of likely N-dealkylation sites (N-methyl/N-ethyl adjacent to an activating group) is 1. The topological polar surface area (TPSA) is 86.8 Å². The molecule has 0 heterocycles. The Bertz CT molecular complexity index is 1390. The molecule has 208 valence electrons. The van der Waals surface area contributed by atoms with Crippen LogP contribution in [0.15, 0.2) is 78.9 Å². The zero-order valence-electron chi connectivity index (χ0n) is 23.0. The molecule has 0 bridgehead atoms. The van der Waals surface area contributed by atoms with Crippen molar-refractivity contribution in [2.45, 2.75) is 45.2 Å². The van der Waals surface area contributed by atoms with E-state index >= 15 is 0 Å². The molecule has 0 aliphatic heterocycles. The van der Waals surface area contributed by atoms with E-state index in [1.807, 2.05) is 63.2 Å². The number of rotatable bonds is 10. The maximum Gasteiger partial charge on any atom is 0.244 e. The number of nitrogens with one attached hydrogen (secondary N) is 1. The Balaban J connectivity index is 2.03. The summed E-state index contributed by atoms with van der Waals surface area (Å²) in [5.41, 5.74) is 2.21. The molecule has 0 unspecified atom stereocenters. The van der Waals surface area contributed by atoms with Crippen molar-refractivity contribution in [2.75, 3.05) is 24.2 Å². The van der Waals surface area contributed by atoms with Gasteiger partial charge in [-0.25, -0.2) is 12.8 Å². The number of carbonyl (C=O) groups excluding carboxylic acids is 2. The lowest BCUT2D eigenvalue weighted by Gasteiger charge is -2.33. The SMILES string of the molecule is CNC(=O)[C@@H](Cc1ccccc1)N(Cc1ccccc1F)C(=O)CN(c1ccc(C(C)(C)C)cc1)S(C)(=O)=O. The lowest BCUT2D eigenvalue weighted by molar-refractivity contribution is -0.139. The minimum atomic E-state index is -3.88. The van der Waals surface area contributed by atoms with Crippen molar-refractivity contribution in [1.29, 1.82) is 0 Å². The molecule has 3 rings (SSSR count). The summed E-state index contributed by atoms with van der Waals surface area (Å²) in [7, 11) is -2.41. The average molecular weight is 554 g/mol. The summed E-state index contributed by atoms with van der Waals surface area (Å²) in [5, 5.41) is 2.60. The summed E-state index contributed by atoms with van der Waals surface area (Å²) in [6.07, 6.45) is 1.19. The van der Waals surface area contributed by atoms with Crippen molar-refractivity contribution >= 4 is 27.5 Å². The third-order valence-corrected chi connectivity index (χ3v) is 7.66. The normalized spacial score (nSPS) is 12.5. The predicted octanol–water partition coefficient (Wildman–Crippen LogP) is 4.28. The summed E-state index contributed by atoms with van der Waals surface area (Å²) in [5.74, 6) is -1.60. The van der Waals surface area contributed by atoms with Crippen molar-refractivity contribution in [1.82, 2.24) is 10.2 Å². The molecule has 0 aliphatic rings. The fourth-order valence-electron chi connectivity index (χ4n) is 4.27. The highest BCUT2D eigenvalue weighted by molar-refractivity contribution is 7.92. The van der Waals surface area contributed by atoms with Gasteiger partial charge in [0.05, 0.1) is 11.9 Å². The van der Waals surface area contributed by atoms with Gasteiger partial charge in [-0.1, -0.05) is 81.4 Å². The smallest absolute Gasteiger partial charge is 0.244 e. The molecule has 1 N–H and O–H groups in total. The van der Waals surface area contributed by atoms with E-state index in [0.717, 1.165) is 21.7 Å². The van der Waals surface area contributed by atoms with Gasteiger partial charge in [0.1, 0.15) is 18.4 Å². The molecule has 0 aromatic heterocycles. The van der Waals surface area contributed by atoms with Crippen LogP contribution in [0.25, 0.3) is 0 Å². The molecular formula is C30H36FN3O4S. The largest absolute Gasteiger partial charge is 0.357 e. The quantitative estimate of drug-likeness (QED) is 0.406. The highest BCUT2D eigenvalue weighted by Gasteiger charge is 2.33. The van der Waals surface area contributed by atoms with Crippen LogP contribution in [0.4, 0.5) is 10.1 Å². The molecule has 7 nitrogen and oxygen atoms in total. The van der Waals surface area contributed by atoms with Crippen LogP contribution >= 0.6 is 0 Å². The Kier molecular flexibility index (Phi) is 9.50. The number of benzene rings is 3. The first-order chi connectivity index (χ1) is 18.3. The molecular weight excluding hydrogens is 517 g/mol. The number of nitrogens with zero attached hydrogens (tertiary/aromatic N) is 2. The van der Waals surface area contributed by atoms with Crippen molar-refractivity contribution < 1.29 is 22.4 Å². The van der Waals surface area contributed by atoms with Gasteiger partial charge in [-0.2, -0.15) is 0 Å². The van der Waals surface area contributed by atoms with Gasteiger partial charge in [-0.15, -0.1) is 0 Å². The van der Waals surface area contributed by atoms with Crippen LogP contribution in [0.2, 0.25) is 0 Å². The second-order valence-corrected chi connectivity index (χ2v) is 12.4. The molecule has 0 saturated carbocycles. The number of hydrogen-bond donors (Lipinski definition) is 1. The van der Waals surface area contributed by atoms with E-state index in [1.54, 1.807) is 24.3 Å². The van der Waals surface area contributed by atoms with E-state index in [9.17, 15) is 22.4 Å². The van der Waals surface area contributed by atoms with E-state index in [-0.39, 0.29) is 23.9 Å². The summed E-state index contributed by atoms with van der Waals surface area (Å²) in [6.45, 7) is 5.38. The molecule has 0 saturated heterocycles. The lowest BCUT2D eigenvalue weighted by atomic mass is 9.87. The van der Waals surface area contributed by atoms with Crippen molar-refractivity contribution in [3.8, 4) is 0 Å². The van der Waals surface area contributed by atoms with Crippen LogP contribution in [-0.4, -0.2) is 51.0 Å². The zero-order valence-corrected chi connectivity index (χ0v) is 23.8. The number of carbonyl (C=O) groups is 2. The standard InChI is InChI=1S/C30H36FN3O4S/c1-30(2,3)24-15-17-25(18-16-24)34(39(5,37)38)21-28(35)33(20-23-13-9-10-14-26(23)31)27(29(36)32-4)19-22-11-7-6-8-12-22/h6-18,27H,19-21H2,1-5H3,(H,32,36)/t27-/m1/s1. The maximum atomic E-state index is 14.7. The molecule has 0 radical (unpaired) electrons. The Morgan fingerprint density at radius 3 is 2.05 bits per heavy atom. The number of halogens is 1. The first kappa shape index (κ1) is 29.8. The minimum absolute atomic E-state index is 0.140. The number of sulfonamides is 1. The third kappa shape index (κ3) is 7.89. The minimum Gasteiger partial charge on any atom is -0.357 e. The number of anilines is 1. The summed E-state index contributed by atoms with van der Waals surface area (Å²) in [6, 6.07) is 21.2. The average Bonchev–Trinajstić information content (AvgIpc) is 2.89. The van der Waals surface area contributed by atoms with Gasteiger partial charge in [0, 0.05) is 25.6 Å². The highest BCUT2D eigenvalue weighted by atomic mass is 32.2. The summed E-state index contributed by atoms with van der Waals surface area (Å²) >= 11 is 0.